The van der Waals surface area contributed by atoms with Crippen LogP contribution in [0.15, 0.2) is 73.1 Å². The van der Waals surface area contributed by atoms with Crippen molar-refractivity contribution < 1.29 is 15.1 Å². The number of hydrogen-bond donors (Lipinski definition) is 0. The maximum atomic E-state index is 4.85. The molecule has 0 bridgehead atoms. The van der Waals surface area contributed by atoms with E-state index in [2.05, 4.69) is 28.2 Å². The molecule has 0 N–H and O–H groups in total. The van der Waals surface area contributed by atoms with Gasteiger partial charge in [-0.15, -0.1) is 0 Å². The molecule has 0 aliphatic rings. The van der Waals surface area contributed by atoms with Gasteiger partial charge in [0.25, 0.3) is 0 Å². The van der Waals surface area contributed by atoms with Gasteiger partial charge in [0.1, 0.15) is 0 Å². The molecule has 0 saturated carbocycles. The van der Waals surface area contributed by atoms with Crippen molar-refractivity contribution in [3.8, 4) is 22.5 Å². The van der Waals surface area contributed by atoms with Gasteiger partial charge in [0, 0.05) is 18.0 Å². The van der Waals surface area contributed by atoms with Crippen molar-refractivity contribution in [1.82, 2.24) is 9.97 Å². The number of nitrogens with zero attached hydrogens (tertiary/aromatic N) is 2. The molecule has 3 rings (SSSR count). The SMILES string of the molecule is [Cl][Ru][Cl].c1ccc(-c2cccnc2-c2ccccn2)cc1. The average molecular weight is 404 g/mol. The fourth-order valence-corrected chi connectivity index (χ4v) is 1.96. The second kappa shape index (κ2) is 8.89. The molecular weight excluding hydrogens is 392 g/mol. The molecule has 0 fully saturated rings. The second-order valence-corrected chi connectivity index (χ2v) is 6.67. The van der Waals surface area contributed by atoms with E-state index < -0.39 is 0 Å². The van der Waals surface area contributed by atoms with Crippen LogP contribution in [0.2, 0.25) is 0 Å². The normalized spacial score (nSPS) is 9.81. The quantitative estimate of drug-likeness (QED) is 0.550. The molecule has 108 valence electrons. The topological polar surface area (TPSA) is 25.8 Å². The van der Waals surface area contributed by atoms with Gasteiger partial charge in [-0.25, -0.2) is 0 Å². The smallest absolute Gasteiger partial charge is 0.0964 e. The van der Waals surface area contributed by atoms with Crippen LogP contribution in [-0.2, 0) is 15.1 Å². The van der Waals surface area contributed by atoms with Crippen molar-refractivity contribution in [3.63, 3.8) is 0 Å². The van der Waals surface area contributed by atoms with Gasteiger partial charge in [0.05, 0.1) is 11.4 Å². The summed E-state index contributed by atoms with van der Waals surface area (Å²) < 4.78 is 0. The Morgan fingerprint density at radius 2 is 1.38 bits per heavy atom. The minimum Gasteiger partial charge on any atom is -0.255 e. The van der Waals surface area contributed by atoms with E-state index in [1.807, 2.05) is 42.5 Å². The summed E-state index contributed by atoms with van der Waals surface area (Å²) in [5, 5.41) is 0. The van der Waals surface area contributed by atoms with Crippen LogP contribution in [0.25, 0.3) is 22.5 Å². The zero-order chi connectivity index (χ0) is 14.9. The number of rotatable bonds is 2. The Morgan fingerprint density at radius 3 is 2.05 bits per heavy atom. The predicted molar refractivity (Wildman–Crippen MR) is 84.6 cm³/mol. The third-order valence-electron chi connectivity index (χ3n) is 2.80. The molecule has 2 nitrogen and oxygen atoms in total. The molecule has 0 aliphatic carbocycles. The molecule has 0 atom stereocenters. The largest absolute Gasteiger partial charge is 0.255 e. The molecule has 3 aromatic rings. The first-order chi connectivity index (χ1) is 10.4. The summed E-state index contributed by atoms with van der Waals surface area (Å²) in [7, 11) is 9.71. The summed E-state index contributed by atoms with van der Waals surface area (Å²) >= 11 is -0.346. The molecule has 21 heavy (non-hydrogen) atoms. The fourth-order valence-electron chi connectivity index (χ4n) is 1.96. The van der Waals surface area contributed by atoms with E-state index in [1.165, 1.54) is 0 Å². The molecule has 0 unspecified atom stereocenters. The van der Waals surface area contributed by atoms with Crippen molar-refractivity contribution in [1.29, 1.82) is 0 Å². The zero-order valence-electron chi connectivity index (χ0n) is 10.9. The molecule has 5 heteroatoms. The molecular formula is C16H12Cl2N2Ru. The van der Waals surface area contributed by atoms with Crippen LogP contribution in [0.1, 0.15) is 0 Å². The van der Waals surface area contributed by atoms with Crippen LogP contribution < -0.4 is 0 Å². The Hall–Kier alpha value is -1.28. The Balaban J connectivity index is 0.000000497. The Morgan fingerprint density at radius 1 is 0.714 bits per heavy atom. The summed E-state index contributed by atoms with van der Waals surface area (Å²) in [5.41, 5.74) is 4.09. The van der Waals surface area contributed by atoms with Crippen molar-refractivity contribution >= 4 is 19.4 Å². The van der Waals surface area contributed by atoms with E-state index >= 15 is 0 Å². The third kappa shape index (κ3) is 4.60. The zero-order valence-corrected chi connectivity index (χ0v) is 14.2. The molecule has 2 aromatic heterocycles. The van der Waals surface area contributed by atoms with Gasteiger partial charge in [0.15, 0.2) is 0 Å². The van der Waals surface area contributed by atoms with E-state index in [9.17, 15) is 0 Å². The standard InChI is InChI=1S/C16H12N2.2ClH.Ru/c1-2-7-13(8-3-1)14-9-6-12-18-16(14)15-10-4-5-11-17-15;;;/h1-12H;2*1H;/q;;;+2/p-2. The molecule has 2 heterocycles. The van der Waals surface area contributed by atoms with Crippen LogP contribution >= 0.6 is 19.4 Å². The number of pyridine rings is 2. The van der Waals surface area contributed by atoms with Crippen molar-refractivity contribution in [3.05, 3.63) is 73.1 Å². The van der Waals surface area contributed by atoms with Crippen molar-refractivity contribution in [2.24, 2.45) is 0 Å². The van der Waals surface area contributed by atoms with E-state index in [1.54, 1.807) is 12.4 Å². The second-order valence-electron chi connectivity index (χ2n) is 4.03. The van der Waals surface area contributed by atoms with Crippen LogP contribution in [-0.4, -0.2) is 9.97 Å². The van der Waals surface area contributed by atoms with Gasteiger partial charge in [-0.05, 0) is 23.8 Å². The molecule has 0 amide bonds. The number of hydrogen-bond acceptors (Lipinski definition) is 2. The Labute approximate surface area is 139 Å². The molecule has 0 aliphatic heterocycles. The van der Waals surface area contributed by atoms with E-state index in [-0.39, 0.29) is 15.1 Å². The maximum Gasteiger partial charge on any atom is 0.0964 e. The predicted octanol–water partition coefficient (Wildman–Crippen LogP) is 5.19. The van der Waals surface area contributed by atoms with Gasteiger partial charge >= 0.3 is 34.5 Å². The maximum absolute atomic E-state index is 4.85. The minimum atomic E-state index is -0.346. The first kappa shape index (κ1) is 16.1. The minimum absolute atomic E-state index is 0.346. The van der Waals surface area contributed by atoms with Crippen LogP contribution in [0.3, 0.4) is 0 Å². The van der Waals surface area contributed by atoms with Gasteiger partial charge in [-0.1, -0.05) is 42.5 Å². The van der Waals surface area contributed by atoms with Gasteiger partial charge in [-0.2, -0.15) is 0 Å². The average Bonchev–Trinajstić information content (AvgIpc) is 2.57. The van der Waals surface area contributed by atoms with Crippen molar-refractivity contribution in [2.45, 2.75) is 0 Å². The number of halogens is 2. The van der Waals surface area contributed by atoms with Gasteiger partial charge in [0.2, 0.25) is 0 Å². The summed E-state index contributed by atoms with van der Waals surface area (Å²) in [6, 6.07) is 20.2. The third-order valence-corrected chi connectivity index (χ3v) is 2.80. The molecule has 0 spiro atoms. The van der Waals surface area contributed by atoms with E-state index in [0.29, 0.717) is 0 Å². The van der Waals surface area contributed by atoms with Crippen LogP contribution in [0.5, 0.6) is 0 Å². The number of aromatic nitrogens is 2. The molecule has 0 radical (unpaired) electrons. The van der Waals surface area contributed by atoms with Crippen molar-refractivity contribution in [2.75, 3.05) is 0 Å². The molecule has 1 aromatic carbocycles. The summed E-state index contributed by atoms with van der Waals surface area (Å²) in [5.74, 6) is 0. The Kier molecular flexibility index (Phi) is 6.81. The summed E-state index contributed by atoms with van der Waals surface area (Å²) in [4.78, 5) is 8.84. The summed E-state index contributed by atoms with van der Waals surface area (Å²) in [6.45, 7) is 0. The monoisotopic (exact) mass is 404 g/mol. The van der Waals surface area contributed by atoms with E-state index in [4.69, 9.17) is 19.4 Å². The Bertz CT molecular complexity index is 605. The first-order valence-electron chi connectivity index (χ1n) is 6.14. The number of benzene rings is 1. The molecule has 0 saturated heterocycles. The fraction of sp³-hybridized carbons (Fsp3) is 0. The van der Waals surface area contributed by atoms with Gasteiger partial charge in [-0.3, -0.25) is 9.97 Å². The first-order valence-corrected chi connectivity index (χ1v) is 10.6. The van der Waals surface area contributed by atoms with Crippen LogP contribution in [0, 0.1) is 0 Å². The van der Waals surface area contributed by atoms with Crippen LogP contribution in [0.4, 0.5) is 0 Å². The summed E-state index contributed by atoms with van der Waals surface area (Å²) in [6.07, 6.45) is 3.59. The van der Waals surface area contributed by atoms with Gasteiger partial charge < -0.3 is 0 Å². The van der Waals surface area contributed by atoms with E-state index in [0.717, 1.165) is 22.5 Å².